The first kappa shape index (κ1) is 14.9. The molecule has 0 spiro atoms. The highest BCUT2D eigenvalue weighted by Crippen LogP contribution is 2.25. The van der Waals surface area contributed by atoms with Gasteiger partial charge in [0.15, 0.2) is 0 Å². The lowest BCUT2D eigenvalue weighted by molar-refractivity contribution is -0.152. The molecule has 1 unspecified atom stereocenters. The van der Waals surface area contributed by atoms with Crippen molar-refractivity contribution in [1.29, 1.82) is 0 Å². The van der Waals surface area contributed by atoms with Gasteiger partial charge in [0.1, 0.15) is 11.0 Å². The fraction of sp³-hybridized carbons (Fsp3) is 0.462. The number of carbonyl (C=O) groups is 1. The number of hydrogen-bond donors (Lipinski definition) is 1. The molecule has 6 nitrogen and oxygen atoms in total. The molecule has 0 amide bonds. The Kier molecular flexibility index (Phi) is 4.10. The van der Waals surface area contributed by atoms with Gasteiger partial charge in [-0.05, 0) is 31.0 Å². The topological polar surface area (TPSA) is 77.2 Å². The molecule has 0 saturated carbocycles. The summed E-state index contributed by atoms with van der Waals surface area (Å²) in [5, 5.41) is 18.3. The minimum Gasteiger partial charge on any atom is -0.479 e. The van der Waals surface area contributed by atoms with E-state index in [2.05, 4.69) is 26.1 Å². The number of carboxylic acid groups (broad SMARTS) is 1. The van der Waals surface area contributed by atoms with Crippen LogP contribution in [0.3, 0.4) is 0 Å². The fourth-order valence-electron chi connectivity index (χ4n) is 2.17. The Bertz CT molecular complexity index is 656. The average molecular weight is 342 g/mol. The number of halogens is 1. The molecule has 0 aliphatic rings. The van der Waals surface area contributed by atoms with Gasteiger partial charge in [0.2, 0.25) is 5.54 Å². The Morgan fingerprint density at radius 1 is 1.50 bits per heavy atom. The van der Waals surface area contributed by atoms with Crippen molar-refractivity contribution in [3.63, 3.8) is 0 Å². The van der Waals surface area contributed by atoms with Crippen molar-refractivity contribution in [1.82, 2.24) is 15.0 Å². The highest BCUT2D eigenvalue weighted by atomic mass is 79.9. The smallest absolute Gasteiger partial charge is 0.335 e. The molecule has 0 fully saturated rings. The molecule has 0 radical (unpaired) electrons. The van der Waals surface area contributed by atoms with Crippen LogP contribution in [0.4, 0.5) is 0 Å². The molecule has 0 aliphatic carbocycles. The van der Waals surface area contributed by atoms with E-state index in [1.165, 1.54) is 11.9 Å². The summed E-state index contributed by atoms with van der Waals surface area (Å²) < 4.78 is 5.96. The van der Waals surface area contributed by atoms with Gasteiger partial charge in [0.25, 0.3) is 0 Å². The molecule has 108 valence electrons. The van der Waals surface area contributed by atoms with Crippen LogP contribution < -0.4 is 0 Å². The summed E-state index contributed by atoms with van der Waals surface area (Å²) in [6.45, 7) is 3.71. The molecule has 20 heavy (non-hydrogen) atoms. The molecular formula is C13H16BrN3O3. The van der Waals surface area contributed by atoms with E-state index in [0.29, 0.717) is 17.5 Å². The number of methoxy groups -OCH3 is 1. The maximum Gasteiger partial charge on any atom is 0.335 e. The van der Waals surface area contributed by atoms with E-state index < -0.39 is 11.5 Å². The minimum absolute atomic E-state index is 0.0139. The van der Waals surface area contributed by atoms with E-state index in [0.717, 1.165) is 10.0 Å². The molecule has 0 saturated heterocycles. The lowest BCUT2D eigenvalue weighted by Crippen LogP contribution is -2.46. The summed E-state index contributed by atoms with van der Waals surface area (Å²) in [6.07, 6.45) is 0.331. The molecule has 7 heteroatoms. The molecule has 0 bridgehead atoms. The Labute approximate surface area is 124 Å². The van der Waals surface area contributed by atoms with E-state index in [1.807, 2.05) is 19.1 Å². The molecular weight excluding hydrogens is 326 g/mol. The van der Waals surface area contributed by atoms with Gasteiger partial charge in [0, 0.05) is 11.6 Å². The Morgan fingerprint density at radius 3 is 2.75 bits per heavy atom. The van der Waals surface area contributed by atoms with Crippen molar-refractivity contribution in [3.05, 3.63) is 22.2 Å². The third-order valence-corrected chi connectivity index (χ3v) is 3.85. The number of nitrogens with zero attached hydrogens (tertiary/aromatic N) is 3. The van der Waals surface area contributed by atoms with Crippen LogP contribution in [0.15, 0.2) is 16.6 Å². The van der Waals surface area contributed by atoms with Gasteiger partial charge in [-0.25, -0.2) is 4.79 Å². The van der Waals surface area contributed by atoms with Gasteiger partial charge in [-0.3, -0.25) is 0 Å². The van der Waals surface area contributed by atoms with E-state index in [-0.39, 0.29) is 6.61 Å². The van der Waals surface area contributed by atoms with E-state index in [1.54, 1.807) is 6.92 Å². The highest BCUT2D eigenvalue weighted by Gasteiger charge is 2.41. The van der Waals surface area contributed by atoms with Crippen LogP contribution in [0.1, 0.15) is 18.9 Å². The predicted octanol–water partition coefficient (Wildman–Crippen LogP) is 2.34. The second-order valence-corrected chi connectivity index (χ2v) is 5.62. The van der Waals surface area contributed by atoms with Crippen LogP contribution >= 0.6 is 15.9 Å². The summed E-state index contributed by atoms with van der Waals surface area (Å²) >= 11 is 3.40. The molecule has 1 aromatic carbocycles. The van der Waals surface area contributed by atoms with Crippen LogP contribution in [0.2, 0.25) is 0 Å². The van der Waals surface area contributed by atoms with Crippen molar-refractivity contribution >= 4 is 32.9 Å². The SMILES string of the molecule is CCC(COC)(C(=O)O)n1nc2cc(Br)cc(C)c2n1. The monoisotopic (exact) mass is 341 g/mol. The number of aryl methyl sites for hydroxylation is 1. The second kappa shape index (κ2) is 5.49. The molecule has 1 aromatic heterocycles. The Balaban J connectivity index is 2.66. The number of hydrogen-bond acceptors (Lipinski definition) is 4. The normalized spacial score (nSPS) is 14.4. The maximum absolute atomic E-state index is 11.7. The summed E-state index contributed by atoms with van der Waals surface area (Å²) in [7, 11) is 1.47. The molecule has 2 rings (SSSR count). The van der Waals surface area contributed by atoms with Crippen LogP contribution in [-0.4, -0.2) is 39.8 Å². The standard InChI is InChI=1S/C13H16BrN3O3/c1-4-13(7-20-3,12(18)19)17-15-10-6-9(14)5-8(2)11(10)16-17/h5-6H,4,7H2,1-3H3,(H,18,19). The van der Waals surface area contributed by atoms with Crippen molar-refractivity contribution in [2.24, 2.45) is 0 Å². The van der Waals surface area contributed by atoms with Crippen LogP contribution in [0.25, 0.3) is 11.0 Å². The predicted molar refractivity (Wildman–Crippen MR) is 77.7 cm³/mol. The second-order valence-electron chi connectivity index (χ2n) is 4.70. The number of ether oxygens (including phenoxy) is 1. The zero-order chi connectivity index (χ0) is 14.9. The summed E-state index contributed by atoms with van der Waals surface area (Å²) in [6, 6.07) is 3.74. The van der Waals surface area contributed by atoms with Crippen molar-refractivity contribution in [2.75, 3.05) is 13.7 Å². The zero-order valence-electron chi connectivity index (χ0n) is 11.6. The molecule has 2 aromatic rings. The first-order chi connectivity index (χ1) is 9.44. The average Bonchev–Trinajstić information content (AvgIpc) is 2.79. The third kappa shape index (κ3) is 2.31. The number of aliphatic carboxylic acids is 1. The maximum atomic E-state index is 11.7. The number of carboxylic acids is 1. The Morgan fingerprint density at radius 2 is 2.20 bits per heavy atom. The van der Waals surface area contributed by atoms with E-state index in [4.69, 9.17) is 4.74 Å². The first-order valence-electron chi connectivity index (χ1n) is 6.20. The molecule has 1 heterocycles. The quantitative estimate of drug-likeness (QED) is 0.902. The third-order valence-electron chi connectivity index (χ3n) is 3.39. The lowest BCUT2D eigenvalue weighted by atomic mass is 9.98. The van der Waals surface area contributed by atoms with Crippen molar-refractivity contribution in [2.45, 2.75) is 25.8 Å². The zero-order valence-corrected chi connectivity index (χ0v) is 13.1. The van der Waals surface area contributed by atoms with Gasteiger partial charge in [-0.1, -0.05) is 22.9 Å². The van der Waals surface area contributed by atoms with E-state index in [9.17, 15) is 9.90 Å². The Hall–Kier alpha value is -1.47. The lowest BCUT2D eigenvalue weighted by Gasteiger charge is -2.25. The largest absolute Gasteiger partial charge is 0.479 e. The van der Waals surface area contributed by atoms with Crippen LogP contribution in [-0.2, 0) is 15.1 Å². The number of benzene rings is 1. The van der Waals surface area contributed by atoms with Crippen LogP contribution in [0.5, 0.6) is 0 Å². The van der Waals surface area contributed by atoms with Crippen molar-refractivity contribution in [3.8, 4) is 0 Å². The van der Waals surface area contributed by atoms with Gasteiger partial charge in [0.05, 0.1) is 6.61 Å². The fourth-order valence-corrected chi connectivity index (χ4v) is 2.73. The number of aromatic nitrogens is 3. The minimum atomic E-state index is -1.29. The van der Waals surface area contributed by atoms with Gasteiger partial charge >= 0.3 is 5.97 Å². The highest BCUT2D eigenvalue weighted by molar-refractivity contribution is 9.10. The van der Waals surface area contributed by atoms with Crippen molar-refractivity contribution < 1.29 is 14.6 Å². The summed E-state index contributed by atoms with van der Waals surface area (Å²) in [5.74, 6) is -1.00. The van der Waals surface area contributed by atoms with Gasteiger partial charge in [-0.15, -0.1) is 0 Å². The molecule has 0 aliphatic heterocycles. The van der Waals surface area contributed by atoms with Gasteiger partial charge in [-0.2, -0.15) is 15.0 Å². The first-order valence-corrected chi connectivity index (χ1v) is 7.00. The van der Waals surface area contributed by atoms with Crippen LogP contribution in [0, 0.1) is 6.92 Å². The molecule has 1 atom stereocenters. The number of fused-ring (bicyclic) bond motifs is 1. The molecule has 1 N–H and O–H groups in total. The van der Waals surface area contributed by atoms with E-state index >= 15 is 0 Å². The van der Waals surface area contributed by atoms with Gasteiger partial charge < -0.3 is 9.84 Å². The number of rotatable bonds is 5. The summed E-state index contributed by atoms with van der Waals surface area (Å²) in [5.41, 5.74) is 1.01. The summed E-state index contributed by atoms with van der Waals surface area (Å²) in [4.78, 5) is 12.9.